The Labute approximate surface area is 178 Å². The van der Waals surface area contributed by atoms with Crippen molar-refractivity contribution in [2.75, 3.05) is 0 Å². The first-order chi connectivity index (χ1) is 14.8. The van der Waals surface area contributed by atoms with Crippen LogP contribution in [0.15, 0.2) is 42.5 Å². The molecule has 1 radical (unpaired) electrons. The third-order valence-corrected chi connectivity index (χ3v) is 5.68. The standard InChI is InChI=1S/C22H11ClN3O5/c23-13-4-2-1-3-10(13)11-6-15-17(19-18(11)20(29)25-21(19)30)12-7-16(28)9(8-27)5-14(12)26(15)22(24)31/h1-7,28H,(H2,24,31)(H,25,29,30). The average molecular weight is 433 g/mol. The Bertz CT molecular complexity index is 1520. The van der Waals surface area contributed by atoms with Gasteiger partial charge in [-0.25, -0.2) is 4.79 Å². The van der Waals surface area contributed by atoms with Gasteiger partial charge in [-0.2, -0.15) is 0 Å². The molecule has 2 heterocycles. The molecule has 0 fully saturated rings. The number of halogens is 1. The van der Waals surface area contributed by atoms with Gasteiger partial charge in [0.1, 0.15) is 5.75 Å². The number of carbonyl (C=O) groups is 3. The minimum absolute atomic E-state index is 0.0321. The van der Waals surface area contributed by atoms with E-state index in [4.69, 9.17) is 17.3 Å². The highest BCUT2D eigenvalue weighted by Crippen LogP contribution is 2.42. The quantitative estimate of drug-likeness (QED) is 0.419. The zero-order valence-electron chi connectivity index (χ0n) is 15.5. The number of nitrogens with two attached hydrogens (primary N) is 1. The van der Waals surface area contributed by atoms with E-state index in [0.717, 1.165) is 4.57 Å². The first-order valence-corrected chi connectivity index (χ1v) is 9.38. The molecule has 0 aliphatic carbocycles. The van der Waals surface area contributed by atoms with Crippen molar-refractivity contribution >= 4 is 57.5 Å². The number of primary amides is 1. The van der Waals surface area contributed by atoms with Crippen LogP contribution in [0.5, 0.6) is 5.75 Å². The highest BCUT2D eigenvalue weighted by Gasteiger charge is 2.35. The Morgan fingerprint density at radius 2 is 1.74 bits per heavy atom. The van der Waals surface area contributed by atoms with Crippen LogP contribution in [0, 0.1) is 0 Å². The molecule has 8 nitrogen and oxygen atoms in total. The summed E-state index contributed by atoms with van der Waals surface area (Å²) in [6, 6.07) is 9.91. The summed E-state index contributed by atoms with van der Waals surface area (Å²) < 4.78 is 1.11. The lowest BCUT2D eigenvalue weighted by molar-refractivity contribution is 0.0880. The molecule has 0 spiro atoms. The molecule has 151 valence electrons. The fourth-order valence-electron chi connectivity index (χ4n) is 4.11. The van der Waals surface area contributed by atoms with E-state index in [1.165, 1.54) is 12.1 Å². The second-order valence-corrected chi connectivity index (χ2v) is 7.40. The van der Waals surface area contributed by atoms with Gasteiger partial charge >= 0.3 is 6.03 Å². The van der Waals surface area contributed by atoms with E-state index in [2.05, 4.69) is 5.32 Å². The van der Waals surface area contributed by atoms with E-state index < -0.39 is 17.8 Å². The normalized spacial score (nSPS) is 12.9. The van der Waals surface area contributed by atoms with E-state index >= 15 is 0 Å². The summed E-state index contributed by atoms with van der Waals surface area (Å²) in [5, 5.41) is 13.3. The maximum Gasteiger partial charge on any atom is 0.323 e. The highest BCUT2D eigenvalue weighted by atomic mass is 35.5. The number of aromatic nitrogens is 1. The Morgan fingerprint density at radius 3 is 2.42 bits per heavy atom. The first kappa shape index (κ1) is 18.8. The number of carbonyl (C=O) groups excluding carboxylic acids is 4. The van der Waals surface area contributed by atoms with Crippen LogP contribution in [0.4, 0.5) is 4.79 Å². The summed E-state index contributed by atoms with van der Waals surface area (Å²) >= 11 is 6.35. The van der Waals surface area contributed by atoms with Crippen molar-refractivity contribution in [3.8, 4) is 16.9 Å². The van der Waals surface area contributed by atoms with Gasteiger partial charge < -0.3 is 10.8 Å². The van der Waals surface area contributed by atoms with Crippen LogP contribution < -0.4 is 11.1 Å². The molecule has 1 aliphatic heterocycles. The van der Waals surface area contributed by atoms with E-state index in [1.807, 2.05) is 0 Å². The second-order valence-electron chi connectivity index (χ2n) is 6.99. The summed E-state index contributed by atoms with van der Waals surface area (Å²) in [6.45, 7) is 0. The fraction of sp³-hybridized carbons (Fsp3) is 0. The molecule has 31 heavy (non-hydrogen) atoms. The lowest BCUT2D eigenvalue weighted by Gasteiger charge is -2.11. The lowest BCUT2D eigenvalue weighted by atomic mass is 9.92. The maximum atomic E-state index is 12.8. The van der Waals surface area contributed by atoms with Gasteiger partial charge in [-0.05, 0) is 29.8 Å². The van der Waals surface area contributed by atoms with Crippen molar-refractivity contribution in [1.82, 2.24) is 9.88 Å². The van der Waals surface area contributed by atoms with Crippen LogP contribution in [0.1, 0.15) is 26.3 Å². The Kier molecular flexibility index (Phi) is 3.90. The number of phenols is 1. The summed E-state index contributed by atoms with van der Waals surface area (Å²) in [7, 11) is 0. The van der Waals surface area contributed by atoms with E-state index in [-0.39, 0.29) is 44.2 Å². The van der Waals surface area contributed by atoms with E-state index in [1.54, 1.807) is 36.6 Å². The Balaban J connectivity index is 2.07. The number of aromatic hydroxyl groups is 1. The zero-order chi connectivity index (χ0) is 22.0. The smallest absolute Gasteiger partial charge is 0.323 e. The second kappa shape index (κ2) is 6.41. The zero-order valence-corrected chi connectivity index (χ0v) is 16.3. The third kappa shape index (κ3) is 2.48. The van der Waals surface area contributed by atoms with Crippen LogP contribution >= 0.6 is 11.6 Å². The van der Waals surface area contributed by atoms with Crippen LogP contribution in [0.25, 0.3) is 32.9 Å². The highest BCUT2D eigenvalue weighted by molar-refractivity contribution is 6.36. The average Bonchev–Trinajstić information content (AvgIpc) is 3.20. The largest absolute Gasteiger partial charge is 0.507 e. The number of hydrogen-bond acceptors (Lipinski definition) is 5. The summed E-state index contributed by atoms with van der Waals surface area (Å²) in [5.74, 6) is -1.66. The van der Waals surface area contributed by atoms with Crippen LogP contribution in [-0.4, -0.2) is 33.8 Å². The van der Waals surface area contributed by atoms with Gasteiger partial charge in [0, 0.05) is 21.4 Å². The molecule has 0 bridgehead atoms. The van der Waals surface area contributed by atoms with Gasteiger partial charge in [0.2, 0.25) is 6.29 Å². The molecule has 0 saturated carbocycles. The van der Waals surface area contributed by atoms with Crippen molar-refractivity contribution in [2.45, 2.75) is 0 Å². The van der Waals surface area contributed by atoms with Crippen LogP contribution in [0.2, 0.25) is 5.02 Å². The van der Waals surface area contributed by atoms with Gasteiger partial charge in [0.05, 0.1) is 27.7 Å². The van der Waals surface area contributed by atoms with Gasteiger partial charge in [0.25, 0.3) is 11.8 Å². The van der Waals surface area contributed by atoms with Gasteiger partial charge in [-0.1, -0.05) is 29.8 Å². The minimum atomic E-state index is -0.877. The number of rotatable bonds is 2. The van der Waals surface area contributed by atoms with Crippen LogP contribution in [0.3, 0.4) is 0 Å². The van der Waals surface area contributed by atoms with Crippen molar-refractivity contribution in [1.29, 1.82) is 0 Å². The third-order valence-electron chi connectivity index (χ3n) is 5.35. The molecule has 0 atom stereocenters. The topological polar surface area (TPSA) is 131 Å². The van der Waals surface area contributed by atoms with Crippen molar-refractivity contribution < 1.29 is 24.3 Å². The fourth-order valence-corrected chi connectivity index (χ4v) is 4.35. The monoisotopic (exact) mass is 432 g/mol. The molecular weight excluding hydrogens is 422 g/mol. The number of phenolic OH excluding ortho intramolecular Hbond substituents is 1. The summed E-state index contributed by atoms with van der Waals surface area (Å²) in [5.41, 5.74) is 6.80. The first-order valence-electron chi connectivity index (χ1n) is 9.00. The summed E-state index contributed by atoms with van der Waals surface area (Å²) in [6.07, 6.45) is 1.59. The van der Waals surface area contributed by atoms with E-state index in [0.29, 0.717) is 16.1 Å². The van der Waals surface area contributed by atoms with Crippen LogP contribution in [-0.2, 0) is 4.79 Å². The lowest BCUT2D eigenvalue weighted by Crippen LogP contribution is -2.20. The minimum Gasteiger partial charge on any atom is -0.507 e. The molecule has 3 amide bonds. The van der Waals surface area contributed by atoms with Crippen molar-refractivity contribution in [3.05, 3.63) is 64.2 Å². The number of fused-ring (bicyclic) bond motifs is 5. The maximum absolute atomic E-state index is 12.8. The van der Waals surface area contributed by atoms with Crippen molar-refractivity contribution in [2.24, 2.45) is 5.73 Å². The predicted octanol–water partition coefficient (Wildman–Crippen LogP) is 3.09. The Morgan fingerprint density at radius 1 is 1.03 bits per heavy atom. The molecule has 1 aliphatic rings. The molecule has 3 aromatic carbocycles. The Hall–Kier alpha value is -4.17. The molecule has 4 aromatic rings. The molecule has 0 saturated heterocycles. The number of nitrogens with one attached hydrogen (secondary N) is 1. The number of benzene rings is 3. The number of nitrogens with zero attached hydrogens (tertiary/aromatic N) is 1. The SMILES string of the molecule is NC(=O)n1c2cc([C]=O)c(O)cc2c2c3c(c(-c4ccccc4Cl)cc21)C(=O)NC3=O. The predicted molar refractivity (Wildman–Crippen MR) is 113 cm³/mol. The molecule has 1 aromatic heterocycles. The molecule has 4 N–H and O–H groups in total. The number of hydrogen-bond donors (Lipinski definition) is 3. The van der Waals surface area contributed by atoms with E-state index in [9.17, 15) is 24.3 Å². The molecular formula is C22H11ClN3O5. The van der Waals surface area contributed by atoms with Gasteiger partial charge in [-0.3, -0.25) is 24.3 Å². The summed E-state index contributed by atoms with van der Waals surface area (Å²) in [4.78, 5) is 49.0. The molecule has 5 rings (SSSR count). The van der Waals surface area contributed by atoms with Gasteiger partial charge in [0.15, 0.2) is 0 Å². The molecule has 0 unspecified atom stereocenters. The van der Waals surface area contributed by atoms with Crippen molar-refractivity contribution in [3.63, 3.8) is 0 Å². The number of imide groups is 1. The molecule has 9 heteroatoms. The number of amides is 3. The van der Waals surface area contributed by atoms with Gasteiger partial charge in [-0.15, -0.1) is 0 Å².